The summed E-state index contributed by atoms with van der Waals surface area (Å²) in [7, 11) is 1.52. The quantitative estimate of drug-likeness (QED) is 0.783. The van der Waals surface area contributed by atoms with E-state index in [0.29, 0.717) is 17.9 Å². The first-order valence-electron chi connectivity index (χ1n) is 4.19. The number of halogens is 1. The van der Waals surface area contributed by atoms with E-state index in [1.165, 1.54) is 7.11 Å². The lowest BCUT2D eigenvalue weighted by Gasteiger charge is -2.07. The Labute approximate surface area is 91.1 Å². The van der Waals surface area contributed by atoms with E-state index in [1.54, 1.807) is 25.1 Å². The Bertz CT molecular complexity index is 336. The largest absolute Gasteiger partial charge is 0.496 e. The van der Waals surface area contributed by atoms with Crippen molar-refractivity contribution in [3.05, 3.63) is 28.2 Å². The number of benzene rings is 1. The van der Waals surface area contributed by atoms with Gasteiger partial charge in [0.05, 0.1) is 13.7 Å². The van der Waals surface area contributed by atoms with Crippen LogP contribution in [0.5, 0.6) is 5.75 Å². The zero-order valence-electron chi connectivity index (χ0n) is 8.04. The summed E-state index contributed by atoms with van der Waals surface area (Å²) in [6, 6.07) is 5.17. The molecule has 0 amide bonds. The zero-order valence-corrected chi connectivity index (χ0v) is 9.63. The second kappa shape index (κ2) is 5.00. The molecule has 0 spiro atoms. The van der Waals surface area contributed by atoms with E-state index in [2.05, 4.69) is 15.9 Å². The molecular weight excluding hydrogens is 248 g/mol. The summed E-state index contributed by atoms with van der Waals surface area (Å²) in [6.45, 7) is 2.13. The van der Waals surface area contributed by atoms with Crippen LogP contribution in [0.2, 0.25) is 0 Å². The van der Waals surface area contributed by atoms with Crippen LogP contribution in [0.3, 0.4) is 0 Å². The molecule has 0 saturated heterocycles. The lowest BCUT2D eigenvalue weighted by atomic mass is 10.2. The predicted octanol–water partition coefficient (Wildman–Crippen LogP) is 2.63. The Balaban J connectivity index is 3.01. The molecule has 4 heteroatoms. The minimum absolute atomic E-state index is 0.359. The van der Waals surface area contributed by atoms with Gasteiger partial charge >= 0.3 is 5.97 Å². The molecule has 1 aromatic carbocycles. The molecule has 0 heterocycles. The van der Waals surface area contributed by atoms with Crippen LogP contribution in [0.4, 0.5) is 0 Å². The van der Waals surface area contributed by atoms with Crippen molar-refractivity contribution in [2.75, 3.05) is 13.7 Å². The number of hydrogen-bond acceptors (Lipinski definition) is 3. The highest BCUT2D eigenvalue weighted by Crippen LogP contribution is 2.23. The molecule has 0 aliphatic heterocycles. The first-order chi connectivity index (χ1) is 6.69. The van der Waals surface area contributed by atoms with Crippen molar-refractivity contribution in [3.8, 4) is 5.75 Å². The van der Waals surface area contributed by atoms with Crippen molar-refractivity contribution in [1.82, 2.24) is 0 Å². The summed E-state index contributed by atoms with van der Waals surface area (Å²) < 4.78 is 10.8. The molecular formula is C10H11BrO3. The van der Waals surface area contributed by atoms with Gasteiger partial charge in [-0.3, -0.25) is 0 Å². The summed E-state index contributed by atoms with van der Waals surface area (Å²) >= 11 is 3.29. The maximum atomic E-state index is 11.4. The number of ether oxygens (including phenoxy) is 2. The molecule has 14 heavy (non-hydrogen) atoms. The fraction of sp³-hybridized carbons (Fsp3) is 0.300. The Kier molecular flexibility index (Phi) is 3.95. The monoisotopic (exact) mass is 258 g/mol. The van der Waals surface area contributed by atoms with Gasteiger partial charge in [0.1, 0.15) is 11.3 Å². The standard InChI is InChI=1S/C10H11BrO3/c1-3-14-10(12)8-5-4-7(11)6-9(8)13-2/h4-6H,3H2,1-2H3. The molecule has 1 aromatic rings. The van der Waals surface area contributed by atoms with Crippen LogP contribution in [0.25, 0.3) is 0 Å². The smallest absolute Gasteiger partial charge is 0.341 e. The van der Waals surface area contributed by atoms with Gasteiger partial charge in [-0.15, -0.1) is 0 Å². The Morgan fingerprint density at radius 3 is 2.79 bits per heavy atom. The van der Waals surface area contributed by atoms with Crippen molar-refractivity contribution >= 4 is 21.9 Å². The molecule has 0 saturated carbocycles. The molecule has 3 nitrogen and oxygen atoms in total. The summed E-state index contributed by atoms with van der Waals surface area (Å²) in [5.41, 5.74) is 0.442. The topological polar surface area (TPSA) is 35.5 Å². The average molecular weight is 259 g/mol. The minimum atomic E-state index is -0.364. The van der Waals surface area contributed by atoms with Crippen LogP contribution in [-0.4, -0.2) is 19.7 Å². The highest BCUT2D eigenvalue weighted by molar-refractivity contribution is 9.10. The van der Waals surface area contributed by atoms with Crippen LogP contribution in [-0.2, 0) is 4.74 Å². The lowest BCUT2D eigenvalue weighted by molar-refractivity contribution is 0.0522. The van der Waals surface area contributed by atoms with Gasteiger partial charge in [-0.25, -0.2) is 4.79 Å². The zero-order chi connectivity index (χ0) is 10.6. The van der Waals surface area contributed by atoms with Crippen molar-refractivity contribution in [2.24, 2.45) is 0 Å². The fourth-order valence-electron chi connectivity index (χ4n) is 1.04. The predicted molar refractivity (Wildman–Crippen MR) is 56.7 cm³/mol. The van der Waals surface area contributed by atoms with Crippen LogP contribution >= 0.6 is 15.9 Å². The number of carbonyl (C=O) groups is 1. The molecule has 0 aliphatic rings. The molecule has 0 aromatic heterocycles. The summed E-state index contributed by atoms with van der Waals surface area (Å²) in [4.78, 5) is 11.4. The molecule has 0 atom stereocenters. The van der Waals surface area contributed by atoms with E-state index in [0.717, 1.165) is 4.47 Å². The van der Waals surface area contributed by atoms with E-state index in [-0.39, 0.29) is 5.97 Å². The Hall–Kier alpha value is -1.03. The number of rotatable bonds is 3. The second-order valence-electron chi connectivity index (χ2n) is 2.57. The molecule has 0 radical (unpaired) electrons. The highest BCUT2D eigenvalue weighted by Gasteiger charge is 2.12. The molecule has 0 bridgehead atoms. The maximum Gasteiger partial charge on any atom is 0.341 e. The van der Waals surface area contributed by atoms with Gasteiger partial charge < -0.3 is 9.47 Å². The van der Waals surface area contributed by atoms with E-state index < -0.39 is 0 Å². The van der Waals surface area contributed by atoms with Gasteiger partial charge in [-0.1, -0.05) is 15.9 Å². The van der Waals surface area contributed by atoms with Crippen molar-refractivity contribution in [2.45, 2.75) is 6.92 Å². The summed E-state index contributed by atoms with van der Waals surface area (Å²) in [5, 5.41) is 0. The molecule has 76 valence electrons. The SMILES string of the molecule is CCOC(=O)c1ccc(Br)cc1OC. The van der Waals surface area contributed by atoms with E-state index >= 15 is 0 Å². The van der Waals surface area contributed by atoms with Crippen molar-refractivity contribution in [1.29, 1.82) is 0 Å². The van der Waals surface area contributed by atoms with Gasteiger partial charge in [-0.05, 0) is 25.1 Å². The molecule has 0 fully saturated rings. The van der Waals surface area contributed by atoms with Crippen LogP contribution in [0.15, 0.2) is 22.7 Å². The van der Waals surface area contributed by atoms with Crippen molar-refractivity contribution < 1.29 is 14.3 Å². The third-order valence-corrected chi connectivity index (χ3v) is 2.15. The lowest BCUT2D eigenvalue weighted by Crippen LogP contribution is -2.06. The van der Waals surface area contributed by atoms with Crippen LogP contribution < -0.4 is 4.74 Å². The maximum absolute atomic E-state index is 11.4. The Morgan fingerprint density at radius 1 is 1.50 bits per heavy atom. The first kappa shape index (κ1) is 11.0. The third-order valence-electron chi connectivity index (χ3n) is 1.66. The highest BCUT2D eigenvalue weighted by atomic mass is 79.9. The van der Waals surface area contributed by atoms with Gasteiger partial charge in [0.25, 0.3) is 0 Å². The fourth-order valence-corrected chi connectivity index (χ4v) is 1.38. The van der Waals surface area contributed by atoms with Crippen LogP contribution in [0.1, 0.15) is 17.3 Å². The van der Waals surface area contributed by atoms with Crippen LogP contribution in [0, 0.1) is 0 Å². The van der Waals surface area contributed by atoms with Crippen molar-refractivity contribution in [3.63, 3.8) is 0 Å². The number of hydrogen-bond donors (Lipinski definition) is 0. The third kappa shape index (κ3) is 2.48. The molecule has 0 aliphatic carbocycles. The molecule has 0 N–H and O–H groups in total. The Morgan fingerprint density at radius 2 is 2.21 bits per heavy atom. The summed E-state index contributed by atoms with van der Waals surface area (Å²) in [6.07, 6.45) is 0. The first-order valence-corrected chi connectivity index (χ1v) is 4.99. The van der Waals surface area contributed by atoms with Gasteiger partial charge in [-0.2, -0.15) is 0 Å². The minimum Gasteiger partial charge on any atom is -0.496 e. The van der Waals surface area contributed by atoms with Gasteiger partial charge in [0, 0.05) is 4.47 Å². The van der Waals surface area contributed by atoms with E-state index in [4.69, 9.17) is 9.47 Å². The average Bonchev–Trinajstić information content (AvgIpc) is 2.17. The number of esters is 1. The second-order valence-corrected chi connectivity index (χ2v) is 3.48. The summed E-state index contributed by atoms with van der Waals surface area (Å²) in [5.74, 6) is 0.148. The van der Waals surface area contributed by atoms with Gasteiger partial charge in [0.15, 0.2) is 0 Å². The number of carbonyl (C=O) groups excluding carboxylic acids is 1. The van der Waals surface area contributed by atoms with Gasteiger partial charge in [0.2, 0.25) is 0 Å². The van der Waals surface area contributed by atoms with E-state index in [1.807, 2.05) is 0 Å². The molecule has 0 unspecified atom stereocenters. The van der Waals surface area contributed by atoms with E-state index in [9.17, 15) is 4.79 Å². The molecule has 1 rings (SSSR count). The normalized spacial score (nSPS) is 9.64. The number of methoxy groups -OCH3 is 1.